The summed E-state index contributed by atoms with van der Waals surface area (Å²) in [5.41, 5.74) is -2.30. The van der Waals surface area contributed by atoms with Crippen molar-refractivity contribution >= 4 is 26.0 Å². The van der Waals surface area contributed by atoms with Crippen molar-refractivity contribution in [2.75, 3.05) is 20.3 Å². The molecule has 0 aromatic carbocycles. The molecule has 0 amide bonds. The van der Waals surface area contributed by atoms with E-state index in [9.17, 15) is 45.3 Å². The molecule has 0 spiro atoms. The molecule has 1 aliphatic carbocycles. The molecular weight excluding hydrogens is 589 g/mol. The van der Waals surface area contributed by atoms with Gasteiger partial charge in [-0.05, 0) is 43.6 Å². The number of aldehydes is 1. The van der Waals surface area contributed by atoms with Crippen LogP contribution in [0.1, 0.15) is 52.4 Å². The molecule has 1 saturated heterocycles. The Morgan fingerprint density at radius 3 is 2.22 bits per heavy atom. The van der Waals surface area contributed by atoms with E-state index in [0.29, 0.717) is 30.3 Å². The average molecular weight is 622 g/mol. The number of halogens is 6. The molecule has 0 radical (unpaired) electrons. The molecule has 1 saturated carbocycles. The number of carbonyl (C=O) groups excluding carboxylic acids is 3. The zero-order chi connectivity index (χ0) is 31.2. The molecule has 2 rings (SSSR count). The van der Waals surface area contributed by atoms with E-state index in [1.54, 1.807) is 19.9 Å². The van der Waals surface area contributed by atoms with Gasteiger partial charge in [0.1, 0.15) is 18.0 Å². The predicted molar refractivity (Wildman–Crippen MR) is 131 cm³/mol. The van der Waals surface area contributed by atoms with Crippen molar-refractivity contribution in [1.82, 2.24) is 0 Å². The molecule has 234 valence electrons. The molecule has 1 heterocycles. The van der Waals surface area contributed by atoms with E-state index in [2.05, 4.69) is 20.4 Å². The Bertz CT molecular complexity index is 1030. The maximum atomic E-state index is 13.3. The maximum Gasteiger partial charge on any atom is 0.509 e. The van der Waals surface area contributed by atoms with Gasteiger partial charge in [0, 0.05) is 6.42 Å². The Hall–Kier alpha value is -2.38. The molecule has 9 nitrogen and oxygen atoms in total. The number of rotatable bonds is 15. The van der Waals surface area contributed by atoms with Gasteiger partial charge in [-0.2, -0.15) is 26.3 Å². The first-order valence-corrected chi connectivity index (χ1v) is 14.3. The zero-order valence-corrected chi connectivity index (χ0v) is 23.6. The fourth-order valence-corrected chi connectivity index (χ4v) is 6.80. The van der Waals surface area contributed by atoms with Crippen LogP contribution in [-0.4, -0.2) is 68.5 Å². The van der Waals surface area contributed by atoms with E-state index in [-0.39, 0.29) is 25.2 Å². The molecule has 16 heteroatoms. The van der Waals surface area contributed by atoms with E-state index in [4.69, 9.17) is 9.47 Å². The number of methoxy groups -OCH3 is 1. The summed E-state index contributed by atoms with van der Waals surface area (Å²) < 4.78 is 114. The first kappa shape index (κ1) is 34.8. The second-order valence-corrected chi connectivity index (χ2v) is 12.3. The average Bonchev–Trinajstić information content (AvgIpc) is 3.08. The molecule has 4 atom stereocenters. The van der Waals surface area contributed by atoms with Crippen LogP contribution < -0.4 is 0 Å². The number of hydrogen-bond acceptors (Lipinski definition) is 9. The van der Waals surface area contributed by atoms with Gasteiger partial charge >= 0.3 is 32.1 Å². The third kappa shape index (κ3) is 9.31. The lowest BCUT2D eigenvalue weighted by atomic mass is 9.78. The van der Waals surface area contributed by atoms with Gasteiger partial charge in [-0.25, -0.2) is 4.79 Å². The largest absolute Gasteiger partial charge is 0.509 e. The summed E-state index contributed by atoms with van der Waals surface area (Å²) in [4.78, 5) is 35.6. The van der Waals surface area contributed by atoms with Gasteiger partial charge in [-0.3, -0.25) is 18.4 Å². The van der Waals surface area contributed by atoms with Gasteiger partial charge in [-0.15, -0.1) is 0 Å². The molecule has 41 heavy (non-hydrogen) atoms. The minimum atomic E-state index is -5.37. The second kappa shape index (κ2) is 13.7. The van der Waals surface area contributed by atoms with Crippen LogP contribution in [0.4, 0.5) is 31.1 Å². The van der Waals surface area contributed by atoms with Crippen LogP contribution >= 0.6 is 7.60 Å². The number of allylic oxidation sites excluding steroid dienone is 1. The van der Waals surface area contributed by atoms with E-state index < -0.39 is 75.0 Å². The van der Waals surface area contributed by atoms with Crippen molar-refractivity contribution in [3.63, 3.8) is 0 Å². The summed E-state index contributed by atoms with van der Waals surface area (Å²) in [6.45, 7) is 3.05. The number of alkyl halides is 6. The smallest absolute Gasteiger partial charge is 0.468 e. The highest BCUT2D eigenvalue weighted by Gasteiger charge is 2.57. The molecule has 0 aromatic heterocycles. The SMILES string of the molecule is C=C(CCC=O)[C@]12CC[C@H](OC(=O)O1)[C@H]2/C=C(\CCC(C(=O)OC)P(=O)(OCC(F)(F)F)OCC(F)(F)F)C(C)C. The first-order chi connectivity index (χ1) is 18.9. The summed E-state index contributed by atoms with van der Waals surface area (Å²) in [5.74, 6) is -2.27. The van der Waals surface area contributed by atoms with Crippen molar-refractivity contribution < 1.29 is 68.5 Å². The van der Waals surface area contributed by atoms with Crippen LogP contribution in [0.15, 0.2) is 23.8 Å². The maximum absolute atomic E-state index is 13.3. The molecule has 1 aliphatic heterocycles. The quantitative estimate of drug-likeness (QED) is 0.0667. The Kier molecular flexibility index (Phi) is 11.7. The number of ether oxygens (including phenoxy) is 3. The van der Waals surface area contributed by atoms with E-state index in [1.165, 1.54) is 0 Å². The lowest BCUT2D eigenvalue weighted by Gasteiger charge is -2.40. The first-order valence-electron chi connectivity index (χ1n) is 12.7. The van der Waals surface area contributed by atoms with Crippen molar-refractivity contribution in [2.24, 2.45) is 11.8 Å². The monoisotopic (exact) mass is 622 g/mol. The number of carbonyl (C=O) groups is 3. The van der Waals surface area contributed by atoms with Gasteiger partial charge in [0.2, 0.25) is 0 Å². The molecule has 2 fully saturated rings. The lowest BCUT2D eigenvalue weighted by Crippen LogP contribution is -2.48. The normalized spacial score (nSPS) is 24.0. The fourth-order valence-electron chi connectivity index (χ4n) is 4.91. The van der Waals surface area contributed by atoms with Crippen LogP contribution in [0.3, 0.4) is 0 Å². The molecule has 0 aromatic rings. The highest BCUT2D eigenvalue weighted by molar-refractivity contribution is 7.55. The van der Waals surface area contributed by atoms with Gasteiger partial charge in [-0.1, -0.05) is 32.1 Å². The molecular formula is C25H33F6O9P. The van der Waals surface area contributed by atoms with Gasteiger partial charge in [0.05, 0.1) is 13.0 Å². The number of hydrogen-bond donors (Lipinski definition) is 0. The third-order valence-corrected chi connectivity index (χ3v) is 9.14. The summed E-state index contributed by atoms with van der Waals surface area (Å²) in [6.07, 6.45) is -8.94. The van der Waals surface area contributed by atoms with Crippen LogP contribution in [0, 0.1) is 11.8 Å². The highest BCUT2D eigenvalue weighted by Crippen LogP contribution is 2.57. The summed E-state index contributed by atoms with van der Waals surface area (Å²) in [7, 11) is -4.54. The van der Waals surface area contributed by atoms with Gasteiger partial charge in [0.25, 0.3) is 0 Å². The second-order valence-electron chi connectivity index (χ2n) is 10.1. The predicted octanol–water partition coefficient (Wildman–Crippen LogP) is 6.46. The summed E-state index contributed by atoms with van der Waals surface area (Å²) >= 11 is 0. The number of fused-ring (bicyclic) bond motifs is 2. The Morgan fingerprint density at radius 2 is 1.73 bits per heavy atom. The van der Waals surface area contributed by atoms with Gasteiger partial charge < -0.3 is 19.0 Å². The Balaban J connectivity index is 2.42. The standard InChI is InChI=1S/C25H33F6O9P/c1-15(2)17(12-18-19-9-10-23(18,40-22(34)39-19)16(3)6-5-11-32)7-8-20(21(33)36-4)41(35,37-13-24(26,27)28)38-14-25(29,30)31/h11-12,15,18-20H,3,5-10,13-14H2,1-2,4H3/b17-12+/t18-,19+,20?,23+/m1/s1. The van der Waals surface area contributed by atoms with Gasteiger partial charge in [0.15, 0.2) is 18.9 Å². The topological polar surface area (TPSA) is 114 Å². The summed E-state index contributed by atoms with van der Waals surface area (Å²) in [6, 6.07) is 0. The Labute approximate surface area is 233 Å². The highest BCUT2D eigenvalue weighted by atomic mass is 31.2. The van der Waals surface area contributed by atoms with Crippen LogP contribution in [0.5, 0.6) is 0 Å². The van der Waals surface area contributed by atoms with E-state index in [1.807, 2.05) is 0 Å². The van der Waals surface area contributed by atoms with Crippen LogP contribution in [-0.2, 0) is 37.4 Å². The molecule has 0 N–H and O–H groups in total. The molecule has 2 bridgehead atoms. The van der Waals surface area contributed by atoms with Crippen LogP contribution in [0.25, 0.3) is 0 Å². The zero-order valence-electron chi connectivity index (χ0n) is 22.7. The Morgan fingerprint density at radius 1 is 1.15 bits per heavy atom. The van der Waals surface area contributed by atoms with Crippen molar-refractivity contribution in [3.05, 3.63) is 23.8 Å². The minimum Gasteiger partial charge on any atom is -0.468 e. The summed E-state index contributed by atoms with van der Waals surface area (Å²) in [5, 5.41) is 0. The van der Waals surface area contributed by atoms with Crippen molar-refractivity contribution in [1.29, 1.82) is 0 Å². The van der Waals surface area contributed by atoms with Crippen molar-refractivity contribution in [3.8, 4) is 0 Å². The van der Waals surface area contributed by atoms with Crippen LogP contribution in [0.2, 0.25) is 0 Å². The third-order valence-electron chi connectivity index (χ3n) is 6.93. The lowest BCUT2D eigenvalue weighted by molar-refractivity contribution is -0.167. The fraction of sp³-hybridized carbons (Fsp3) is 0.720. The minimum absolute atomic E-state index is 0.128. The van der Waals surface area contributed by atoms with Crippen molar-refractivity contribution in [2.45, 2.75) is 82.1 Å². The number of esters is 1. The molecule has 2 aliphatic rings. The van der Waals surface area contributed by atoms with E-state index in [0.717, 1.165) is 7.11 Å². The van der Waals surface area contributed by atoms with E-state index >= 15 is 0 Å². The molecule has 1 unspecified atom stereocenters.